The molecule has 0 bridgehead atoms. The van der Waals surface area contributed by atoms with Crippen LogP contribution in [0.4, 0.5) is 0 Å². The van der Waals surface area contributed by atoms with Gasteiger partial charge in [-0.15, -0.1) is 11.8 Å². The lowest BCUT2D eigenvalue weighted by Crippen LogP contribution is -2.31. The average molecular weight is 243 g/mol. The van der Waals surface area contributed by atoms with Gasteiger partial charge in [0.2, 0.25) is 0 Å². The van der Waals surface area contributed by atoms with Crippen molar-refractivity contribution in [2.24, 2.45) is 12.8 Å². The summed E-state index contributed by atoms with van der Waals surface area (Å²) in [5, 5.41) is 5.31. The van der Waals surface area contributed by atoms with Crippen LogP contribution in [0.2, 0.25) is 0 Å². The van der Waals surface area contributed by atoms with E-state index in [1.54, 1.807) is 11.8 Å². The minimum absolute atomic E-state index is 0.359. The molecule has 0 amide bonds. The van der Waals surface area contributed by atoms with Gasteiger partial charge in [-0.05, 0) is 19.4 Å². The van der Waals surface area contributed by atoms with Gasteiger partial charge in [-0.25, -0.2) is 0 Å². The number of carbonyl (C=O) groups is 1. The molecule has 0 aliphatic carbocycles. The van der Waals surface area contributed by atoms with E-state index >= 15 is 0 Å². The van der Waals surface area contributed by atoms with Gasteiger partial charge >= 0.3 is 5.97 Å². The molecule has 1 heterocycles. The number of carbonyl (C=O) groups excluding carboxylic acids is 1. The Hall–Kier alpha value is -1.01. The Morgan fingerprint density at radius 3 is 2.94 bits per heavy atom. The summed E-state index contributed by atoms with van der Waals surface area (Å²) >= 11 is 1.64. The number of ether oxygens (including phenoxy) is 1. The molecule has 90 valence electrons. The highest BCUT2D eigenvalue weighted by Gasteiger charge is 2.13. The van der Waals surface area contributed by atoms with Crippen LogP contribution in [0.25, 0.3) is 0 Å². The van der Waals surface area contributed by atoms with Crippen molar-refractivity contribution < 1.29 is 9.53 Å². The first-order valence-electron chi connectivity index (χ1n) is 5.01. The van der Waals surface area contributed by atoms with E-state index in [0.29, 0.717) is 6.42 Å². The number of nitrogens with two attached hydrogens (primary N) is 1. The smallest absolute Gasteiger partial charge is 0.322 e. The molecule has 0 aliphatic rings. The van der Waals surface area contributed by atoms with Crippen LogP contribution < -0.4 is 5.73 Å². The van der Waals surface area contributed by atoms with Crippen LogP contribution in [0.1, 0.15) is 12.1 Å². The third kappa shape index (κ3) is 3.53. The second kappa shape index (κ2) is 5.91. The number of nitrogens with zero attached hydrogens (tertiary/aromatic N) is 2. The van der Waals surface area contributed by atoms with Crippen LogP contribution in [0.3, 0.4) is 0 Å². The molecule has 0 aliphatic heterocycles. The molecule has 2 N–H and O–H groups in total. The fraction of sp³-hybridized carbons (Fsp3) is 0.600. The SMILES string of the molecule is COC(=O)C(N)CCSc1cc(C)nn1C. The maximum Gasteiger partial charge on any atom is 0.322 e. The third-order valence-corrected chi connectivity index (χ3v) is 3.26. The normalized spacial score (nSPS) is 12.5. The van der Waals surface area contributed by atoms with Gasteiger partial charge in [0.05, 0.1) is 17.8 Å². The number of aromatic nitrogens is 2. The molecule has 6 heteroatoms. The number of hydrogen-bond acceptors (Lipinski definition) is 5. The minimum Gasteiger partial charge on any atom is -0.468 e. The van der Waals surface area contributed by atoms with Crippen molar-refractivity contribution in [3.05, 3.63) is 11.8 Å². The van der Waals surface area contributed by atoms with Crippen molar-refractivity contribution in [1.29, 1.82) is 0 Å². The largest absolute Gasteiger partial charge is 0.468 e. The topological polar surface area (TPSA) is 70.1 Å². The number of esters is 1. The number of rotatable bonds is 5. The summed E-state index contributed by atoms with van der Waals surface area (Å²) < 4.78 is 6.37. The quantitative estimate of drug-likeness (QED) is 0.609. The van der Waals surface area contributed by atoms with Gasteiger partial charge in [-0.2, -0.15) is 5.10 Å². The highest BCUT2D eigenvalue weighted by molar-refractivity contribution is 7.99. The Morgan fingerprint density at radius 1 is 1.75 bits per heavy atom. The maximum absolute atomic E-state index is 11.1. The number of thioether (sulfide) groups is 1. The molecule has 1 rings (SSSR count). The molecule has 1 aromatic heterocycles. The molecule has 5 nitrogen and oxygen atoms in total. The summed E-state index contributed by atoms with van der Waals surface area (Å²) in [7, 11) is 3.25. The molecular formula is C10H17N3O2S. The van der Waals surface area contributed by atoms with Crippen molar-refractivity contribution in [3.8, 4) is 0 Å². The summed E-state index contributed by atoms with van der Waals surface area (Å²) in [6.45, 7) is 1.95. The first kappa shape index (κ1) is 13.1. The zero-order valence-electron chi connectivity index (χ0n) is 9.77. The standard InChI is InChI=1S/C10H17N3O2S/c1-7-6-9(13(2)12-7)16-5-4-8(11)10(14)15-3/h6,8H,4-5,11H2,1-3H3. The number of aryl methyl sites for hydroxylation is 2. The predicted molar refractivity (Wildman–Crippen MR) is 63.3 cm³/mol. The van der Waals surface area contributed by atoms with Gasteiger partial charge in [-0.1, -0.05) is 0 Å². The maximum atomic E-state index is 11.1. The van der Waals surface area contributed by atoms with Gasteiger partial charge in [0, 0.05) is 12.8 Å². The fourth-order valence-corrected chi connectivity index (χ4v) is 2.34. The molecule has 1 aromatic rings. The van der Waals surface area contributed by atoms with Gasteiger partial charge in [-0.3, -0.25) is 9.48 Å². The molecule has 0 spiro atoms. The number of methoxy groups -OCH3 is 1. The lowest BCUT2D eigenvalue weighted by Gasteiger charge is -2.08. The minimum atomic E-state index is -0.535. The van der Waals surface area contributed by atoms with Gasteiger partial charge in [0.15, 0.2) is 0 Å². The van der Waals surface area contributed by atoms with E-state index in [1.807, 2.05) is 24.7 Å². The summed E-state index contributed by atoms with van der Waals surface area (Å²) in [6, 6.07) is 1.47. The lowest BCUT2D eigenvalue weighted by molar-refractivity contribution is -0.142. The Labute approximate surface area is 99.3 Å². The van der Waals surface area contributed by atoms with Crippen LogP contribution in [0.15, 0.2) is 11.1 Å². The van der Waals surface area contributed by atoms with Gasteiger partial charge in [0.1, 0.15) is 6.04 Å². The molecule has 16 heavy (non-hydrogen) atoms. The van der Waals surface area contributed by atoms with Gasteiger partial charge in [0.25, 0.3) is 0 Å². The summed E-state index contributed by atoms with van der Waals surface area (Å²) in [5.74, 6) is 0.414. The molecule has 0 fully saturated rings. The summed E-state index contributed by atoms with van der Waals surface area (Å²) in [5.41, 5.74) is 6.61. The van der Waals surface area contributed by atoms with Gasteiger partial charge < -0.3 is 10.5 Å². The van der Waals surface area contributed by atoms with E-state index in [2.05, 4.69) is 9.84 Å². The van der Waals surface area contributed by atoms with Crippen LogP contribution in [-0.2, 0) is 16.6 Å². The van der Waals surface area contributed by atoms with E-state index in [-0.39, 0.29) is 5.97 Å². The second-order valence-electron chi connectivity index (χ2n) is 3.51. The predicted octanol–water partition coefficient (Wildman–Crippen LogP) is 0.711. The van der Waals surface area contributed by atoms with Crippen LogP contribution >= 0.6 is 11.8 Å². The van der Waals surface area contributed by atoms with E-state index in [9.17, 15) is 4.79 Å². The third-order valence-electron chi connectivity index (χ3n) is 2.14. The average Bonchev–Trinajstić information content (AvgIpc) is 2.56. The second-order valence-corrected chi connectivity index (χ2v) is 4.63. The van der Waals surface area contributed by atoms with Crippen LogP contribution in [-0.4, -0.2) is 34.7 Å². The van der Waals surface area contributed by atoms with E-state index in [0.717, 1.165) is 16.5 Å². The zero-order chi connectivity index (χ0) is 12.1. The number of hydrogen-bond donors (Lipinski definition) is 1. The Kier molecular flexibility index (Phi) is 4.82. The Bertz CT molecular complexity index is 365. The Balaban J connectivity index is 2.36. The molecule has 0 aromatic carbocycles. The molecule has 0 saturated carbocycles. The van der Waals surface area contributed by atoms with Crippen molar-refractivity contribution in [3.63, 3.8) is 0 Å². The van der Waals surface area contributed by atoms with Crippen molar-refractivity contribution in [2.45, 2.75) is 24.4 Å². The molecule has 1 atom stereocenters. The molecular weight excluding hydrogens is 226 g/mol. The lowest BCUT2D eigenvalue weighted by atomic mass is 10.2. The first-order chi connectivity index (χ1) is 7.54. The van der Waals surface area contributed by atoms with Crippen LogP contribution in [0.5, 0.6) is 0 Å². The van der Waals surface area contributed by atoms with E-state index < -0.39 is 6.04 Å². The highest BCUT2D eigenvalue weighted by atomic mass is 32.2. The fourth-order valence-electron chi connectivity index (χ4n) is 1.28. The van der Waals surface area contributed by atoms with Crippen LogP contribution in [0, 0.1) is 6.92 Å². The molecule has 1 unspecified atom stereocenters. The Morgan fingerprint density at radius 2 is 2.44 bits per heavy atom. The van der Waals surface area contributed by atoms with Crippen molar-refractivity contribution in [1.82, 2.24) is 9.78 Å². The van der Waals surface area contributed by atoms with E-state index in [4.69, 9.17) is 5.73 Å². The monoisotopic (exact) mass is 243 g/mol. The first-order valence-corrected chi connectivity index (χ1v) is 6.00. The highest BCUT2D eigenvalue weighted by Crippen LogP contribution is 2.19. The van der Waals surface area contributed by atoms with Crippen molar-refractivity contribution >= 4 is 17.7 Å². The van der Waals surface area contributed by atoms with Crippen molar-refractivity contribution in [2.75, 3.05) is 12.9 Å². The summed E-state index contributed by atoms with van der Waals surface area (Å²) in [6.07, 6.45) is 0.599. The molecule has 0 saturated heterocycles. The van der Waals surface area contributed by atoms with E-state index in [1.165, 1.54) is 7.11 Å². The zero-order valence-corrected chi connectivity index (χ0v) is 10.6. The summed E-state index contributed by atoms with van der Waals surface area (Å²) in [4.78, 5) is 11.1. The molecule has 0 radical (unpaired) electrons.